The van der Waals surface area contributed by atoms with Gasteiger partial charge < -0.3 is 10.6 Å². The van der Waals surface area contributed by atoms with Crippen molar-refractivity contribution < 1.29 is 8.42 Å². The van der Waals surface area contributed by atoms with Crippen molar-refractivity contribution in [3.05, 3.63) is 6.20 Å². The molecule has 2 aromatic heterocycles. The minimum atomic E-state index is -3.18. The van der Waals surface area contributed by atoms with Gasteiger partial charge in [0.15, 0.2) is 5.65 Å². The second-order valence-corrected chi connectivity index (χ2v) is 5.70. The van der Waals surface area contributed by atoms with E-state index in [-0.39, 0.29) is 6.54 Å². The highest BCUT2D eigenvalue weighted by Crippen LogP contribution is 2.19. The van der Waals surface area contributed by atoms with Crippen LogP contribution in [0.15, 0.2) is 6.20 Å². The summed E-state index contributed by atoms with van der Waals surface area (Å²) in [7, 11) is -1.46. The third-order valence-electron chi connectivity index (χ3n) is 2.32. The first-order chi connectivity index (χ1) is 8.99. The Morgan fingerprint density at radius 2 is 2.11 bits per heavy atom. The van der Waals surface area contributed by atoms with E-state index < -0.39 is 10.0 Å². The largest absolute Gasteiger partial charge is 0.368 e. The zero-order chi connectivity index (χ0) is 13.9. The zero-order valence-electron chi connectivity index (χ0n) is 10.6. The van der Waals surface area contributed by atoms with Crippen molar-refractivity contribution in [1.82, 2.24) is 24.9 Å². The van der Waals surface area contributed by atoms with Gasteiger partial charge in [0.2, 0.25) is 16.0 Å². The molecule has 0 unspecified atom stereocenters. The molecule has 0 aliphatic heterocycles. The standard InChI is InChI=1S/C9H15N7O2S/c1-10-9-14-7(6-5-12-16-8(6)15-9)11-3-4-13-19(2,17)18/h5,13H,3-4H2,1-2H3,(H3,10,11,12,14,15,16). The molecule has 0 aliphatic rings. The Balaban J connectivity index is 2.09. The van der Waals surface area contributed by atoms with Crippen molar-refractivity contribution in [2.24, 2.45) is 0 Å². The lowest BCUT2D eigenvalue weighted by atomic mass is 10.4. The van der Waals surface area contributed by atoms with Crippen LogP contribution in [0.1, 0.15) is 0 Å². The molecule has 2 heterocycles. The van der Waals surface area contributed by atoms with E-state index in [4.69, 9.17) is 0 Å². The number of rotatable bonds is 6. The van der Waals surface area contributed by atoms with E-state index in [0.29, 0.717) is 24.0 Å². The monoisotopic (exact) mass is 285 g/mol. The summed E-state index contributed by atoms with van der Waals surface area (Å²) in [6.45, 7) is 0.685. The Labute approximate surface area is 110 Å². The Hall–Kier alpha value is -1.94. The number of fused-ring (bicyclic) bond motifs is 1. The maximum atomic E-state index is 10.9. The number of nitrogens with one attached hydrogen (secondary N) is 4. The Morgan fingerprint density at radius 1 is 1.32 bits per heavy atom. The van der Waals surface area contributed by atoms with Gasteiger partial charge in [0.1, 0.15) is 5.82 Å². The first-order valence-electron chi connectivity index (χ1n) is 5.57. The topological polar surface area (TPSA) is 125 Å². The van der Waals surface area contributed by atoms with Crippen LogP contribution in [0, 0.1) is 0 Å². The van der Waals surface area contributed by atoms with Crippen molar-refractivity contribution in [1.29, 1.82) is 0 Å². The van der Waals surface area contributed by atoms with Gasteiger partial charge in [-0.05, 0) is 0 Å². The Kier molecular flexibility index (Phi) is 3.81. The molecule has 9 nitrogen and oxygen atoms in total. The second kappa shape index (κ2) is 5.36. The molecule has 0 aromatic carbocycles. The van der Waals surface area contributed by atoms with Gasteiger partial charge in [-0.15, -0.1) is 0 Å². The molecule has 0 aliphatic carbocycles. The predicted octanol–water partition coefficient (Wildman–Crippen LogP) is -0.644. The third kappa shape index (κ3) is 3.51. The van der Waals surface area contributed by atoms with E-state index in [0.717, 1.165) is 11.6 Å². The van der Waals surface area contributed by atoms with Crippen LogP contribution in [0.4, 0.5) is 11.8 Å². The number of sulfonamides is 1. The third-order valence-corrected chi connectivity index (χ3v) is 3.04. The minimum Gasteiger partial charge on any atom is -0.368 e. The molecular weight excluding hydrogens is 270 g/mol. The smallest absolute Gasteiger partial charge is 0.226 e. The van der Waals surface area contributed by atoms with Crippen LogP contribution in [0.5, 0.6) is 0 Å². The Morgan fingerprint density at radius 3 is 2.79 bits per heavy atom. The number of nitrogens with zero attached hydrogens (tertiary/aromatic N) is 3. The fraction of sp³-hybridized carbons (Fsp3) is 0.444. The van der Waals surface area contributed by atoms with E-state index >= 15 is 0 Å². The molecule has 2 rings (SSSR count). The van der Waals surface area contributed by atoms with Crippen molar-refractivity contribution >= 4 is 32.8 Å². The first kappa shape index (κ1) is 13.5. The van der Waals surface area contributed by atoms with Crippen molar-refractivity contribution in [2.75, 3.05) is 37.0 Å². The SMILES string of the molecule is CNc1nc(NCCNS(C)(=O)=O)c2cn[nH]c2n1. The van der Waals surface area contributed by atoms with E-state index in [9.17, 15) is 8.42 Å². The van der Waals surface area contributed by atoms with Gasteiger partial charge in [-0.2, -0.15) is 15.1 Å². The molecule has 0 spiro atoms. The predicted molar refractivity (Wildman–Crippen MR) is 72.6 cm³/mol. The molecule has 0 bridgehead atoms. The van der Waals surface area contributed by atoms with Crippen LogP contribution in [0.3, 0.4) is 0 Å². The van der Waals surface area contributed by atoms with Crippen LogP contribution in [-0.2, 0) is 10.0 Å². The minimum absolute atomic E-state index is 0.275. The molecule has 10 heteroatoms. The second-order valence-electron chi connectivity index (χ2n) is 3.87. The molecular formula is C9H15N7O2S. The van der Waals surface area contributed by atoms with Crippen molar-refractivity contribution in [3.63, 3.8) is 0 Å². The van der Waals surface area contributed by atoms with Crippen molar-refractivity contribution in [2.45, 2.75) is 0 Å². The number of aromatic nitrogens is 4. The highest BCUT2D eigenvalue weighted by Gasteiger charge is 2.08. The number of hydrogen-bond acceptors (Lipinski definition) is 7. The zero-order valence-corrected chi connectivity index (χ0v) is 11.4. The lowest BCUT2D eigenvalue weighted by Crippen LogP contribution is -2.27. The average molecular weight is 285 g/mol. The number of H-pyrrole nitrogens is 1. The van der Waals surface area contributed by atoms with Gasteiger partial charge in [0.25, 0.3) is 0 Å². The molecule has 0 radical (unpaired) electrons. The highest BCUT2D eigenvalue weighted by atomic mass is 32.2. The van der Waals surface area contributed by atoms with Gasteiger partial charge in [0, 0.05) is 20.1 Å². The van der Waals surface area contributed by atoms with Crippen LogP contribution in [0.2, 0.25) is 0 Å². The highest BCUT2D eigenvalue weighted by molar-refractivity contribution is 7.88. The average Bonchev–Trinajstić information content (AvgIpc) is 2.81. The van der Waals surface area contributed by atoms with Gasteiger partial charge in [-0.25, -0.2) is 13.1 Å². The summed E-state index contributed by atoms with van der Waals surface area (Å²) >= 11 is 0. The van der Waals surface area contributed by atoms with Gasteiger partial charge >= 0.3 is 0 Å². The molecule has 4 N–H and O–H groups in total. The van der Waals surface area contributed by atoms with Gasteiger partial charge in [0.05, 0.1) is 17.8 Å². The molecule has 0 atom stereocenters. The van der Waals surface area contributed by atoms with Crippen LogP contribution in [0.25, 0.3) is 11.0 Å². The summed E-state index contributed by atoms with van der Waals surface area (Å²) in [4.78, 5) is 8.45. The van der Waals surface area contributed by atoms with E-state index in [1.165, 1.54) is 0 Å². The quantitative estimate of drug-likeness (QED) is 0.520. The lowest BCUT2D eigenvalue weighted by molar-refractivity contribution is 0.589. The number of hydrogen-bond donors (Lipinski definition) is 4. The summed E-state index contributed by atoms with van der Waals surface area (Å²) in [5.41, 5.74) is 0.609. The van der Waals surface area contributed by atoms with Gasteiger partial charge in [-0.3, -0.25) is 5.10 Å². The van der Waals surface area contributed by atoms with E-state index in [2.05, 4.69) is 35.5 Å². The summed E-state index contributed by atoms with van der Waals surface area (Å²) < 4.78 is 24.2. The van der Waals surface area contributed by atoms with Gasteiger partial charge in [-0.1, -0.05) is 0 Å². The molecule has 104 valence electrons. The summed E-state index contributed by atoms with van der Waals surface area (Å²) in [6, 6.07) is 0. The fourth-order valence-electron chi connectivity index (χ4n) is 1.50. The maximum absolute atomic E-state index is 10.9. The molecule has 19 heavy (non-hydrogen) atoms. The summed E-state index contributed by atoms with van der Waals surface area (Å²) in [5.74, 6) is 1.05. The number of aromatic amines is 1. The van der Waals surface area contributed by atoms with Crippen molar-refractivity contribution in [3.8, 4) is 0 Å². The van der Waals surface area contributed by atoms with E-state index in [1.54, 1.807) is 13.2 Å². The maximum Gasteiger partial charge on any atom is 0.226 e. The molecule has 0 fully saturated rings. The number of anilines is 2. The molecule has 0 amide bonds. The normalized spacial score (nSPS) is 11.7. The van der Waals surface area contributed by atoms with Crippen LogP contribution < -0.4 is 15.4 Å². The summed E-state index contributed by atoms with van der Waals surface area (Å²) in [6.07, 6.45) is 2.73. The molecule has 0 saturated carbocycles. The van der Waals surface area contributed by atoms with Crippen LogP contribution in [-0.4, -0.2) is 55.0 Å². The fourth-order valence-corrected chi connectivity index (χ4v) is 1.97. The summed E-state index contributed by atoms with van der Waals surface area (Å²) in [5, 5.41) is 13.3. The molecule has 0 saturated heterocycles. The Bertz CT molecular complexity index is 666. The molecule has 2 aromatic rings. The lowest BCUT2D eigenvalue weighted by Gasteiger charge is -2.08. The first-order valence-corrected chi connectivity index (χ1v) is 7.46. The van der Waals surface area contributed by atoms with E-state index in [1.807, 2.05) is 0 Å². The van der Waals surface area contributed by atoms with Crippen LogP contribution >= 0.6 is 0 Å².